The first-order chi connectivity index (χ1) is 9.63. The maximum Gasteiger partial charge on any atom is 0.129 e. The minimum atomic E-state index is -0.474. The van der Waals surface area contributed by atoms with Crippen molar-refractivity contribution in [3.8, 4) is 5.75 Å². The summed E-state index contributed by atoms with van der Waals surface area (Å²) in [5.74, 6) is 0.546. The summed E-state index contributed by atoms with van der Waals surface area (Å²) >= 11 is 3.24. The summed E-state index contributed by atoms with van der Waals surface area (Å²) in [6.45, 7) is 0. The fraction of sp³-hybridized carbons (Fsp3) is 0.250. The topological polar surface area (TPSA) is 35.2 Å². The highest BCUT2D eigenvalue weighted by Gasteiger charge is 2.23. The van der Waals surface area contributed by atoms with Gasteiger partial charge in [0.05, 0.1) is 12.1 Å². The molecule has 0 radical (unpaired) electrons. The van der Waals surface area contributed by atoms with Crippen LogP contribution in [0.3, 0.4) is 0 Å². The summed E-state index contributed by atoms with van der Waals surface area (Å²) in [6.07, 6.45) is 2.63. The average molecular weight is 336 g/mol. The molecule has 3 rings (SSSR count). The van der Waals surface area contributed by atoms with Crippen LogP contribution in [0.4, 0.5) is 4.39 Å². The fourth-order valence-electron chi connectivity index (χ4n) is 2.07. The van der Waals surface area contributed by atoms with E-state index in [0.717, 1.165) is 24.2 Å². The number of benzene rings is 2. The number of hydrogen-bond donors (Lipinski definition) is 1. The van der Waals surface area contributed by atoms with E-state index < -0.39 is 6.04 Å². The molecule has 0 spiro atoms. The molecule has 1 saturated carbocycles. The summed E-state index contributed by atoms with van der Waals surface area (Å²) < 4.78 is 20.3. The molecule has 1 unspecified atom stereocenters. The van der Waals surface area contributed by atoms with Crippen LogP contribution in [-0.4, -0.2) is 6.10 Å². The highest BCUT2D eigenvalue weighted by atomic mass is 79.9. The molecule has 1 atom stereocenters. The predicted octanol–water partition coefficient (Wildman–Crippen LogP) is 4.18. The van der Waals surface area contributed by atoms with Gasteiger partial charge in [0.15, 0.2) is 0 Å². The number of hydrogen-bond acceptors (Lipinski definition) is 2. The molecule has 0 amide bonds. The second kappa shape index (κ2) is 5.54. The number of rotatable bonds is 4. The Balaban J connectivity index is 1.80. The van der Waals surface area contributed by atoms with Gasteiger partial charge in [0.25, 0.3) is 0 Å². The highest BCUT2D eigenvalue weighted by molar-refractivity contribution is 9.10. The Morgan fingerprint density at radius 3 is 2.45 bits per heavy atom. The van der Waals surface area contributed by atoms with E-state index >= 15 is 0 Å². The van der Waals surface area contributed by atoms with Crippen molar-refractivity contribution in [2.24, 2.45) is 5.73 Å². The molecule has 0 saturated heterocycles. The third kappa shape index (κ3) is 3.02. The second-order valence-electron chi connectivity index (χ2n) is 5.03. The van der Waals surface area contributed by atoms with E-state index in [0.29, 0.717) is 16.1 Å². The zero-order valence-corrected chi connectivity index (χ0v) is 12.4. The first kappa shape index (κ1) is 13.6. The monoisotopic (exact) mass is 335 g/mol. The van der Waals surface area contributed by atoms with Crippen molar-refractivity contribution >= 4 is 15.9 Å². The molecular formula is C16H15BrFNO. The molecule has 0 heterocycles. The Morgan fingerprint density at radius 2 is 1.85 bits per heavy atom. The van der Waals surface area contributed by atoms with Gasteiger partial charge in [0.1, 0.15) is 11.6 Å². The van der Waals surface area contributed by atoms with Gasteiger partial charge in [0, 0.05) is 10.0 Å². The lowest BCUT2D eigenvalue weighted by Gasteiger charge is -2.14. The van der Waals surface area contributed by atoms with Crippen LogP contribution in [0.25, 0.3) is 0 Å². The Hall–Kier alpha value is -1.39. The molecule has 104 valence electrons. The van der Waals surface area contributed by atoms with Crippen LogP contribution in [0.15, 0.2) is 46.9 Å². The van der Waals surface area contributed by atoms with Crippen molar-refractivity contribution in [1.29, 1.82) is 0 Å². The molecule has 2 N–H and O–H groups in total. The van der Waals surface area contributed by atoms with Gasteiger partial charge in [-0.2, -0.15) is 0 Å². The average Bonchev–Trinajstić information content (AvgIpc) is 3.23. The molecule has 0 bridgehead atoms. The minimum absolute atomic E-state index is 0.301. The van der Waals surface area contributed by atoms with Crippen LogP contribution >= 0.6 is 15.9 Å². The van der Waals surface area contributed by atoms with Crippen molar-refractivity contribution in [3.05, 3.63) is 63.9 Å². The molecule has 2 aromatic carbocycles. The first-order valence-corrected chi connectivity index (χ1v) is 7.40. The van der Waals surface area contributed by atoms with Gasteiger partial charge in [-0.25, -0.2) is 4.39 Å². The zero-order valence-electron chi connectivity index (χ0n) is 10.9. The highest BCUT2D eigenvalue weighted by Crippen LogP contribution is 2.29. The number of ether oxygens (including phenoxy) is 1. The number of halogens is 2. The van der Waals surface area contributed by atoms with Gasteiger partial charge in [-0.3, -0.25) is 0 Å². The van der Waals surface area contributed by atoms with Crippen molar-refractivity contribution in [3.63, 3.8) is 0 Å². The summed E-state index contributed by atoms with van der Waals surface area (Å²) in [5.41, 5.74) is 7.49. The van der Waals surface area contributed by atoms with Crippen molar-refractivity contribution in [2.75, 3.05) is 0 Å². The molecule has 1 aliphatic rings. The van der Waals surface area contributed by atoms with Crippen molar-refractivity contribution < 1.29 is 9.13 Å². The molecular weight excluding hydrogens is 321 g/mol. The maximum absolute atomic E-state index is 13.9. The SMILES string of the molecule is NC(c1ccc(OC2CC2)cc1)c1ccc(Br)cc1F. The van der Waals surface area contributed by atoms with Gasteiger partial charge in [-0.15, -0.1) is 0 Å². The lowest BCUT2D eigenvalue weighted by molar-refractivity contribution is 0.303. The molecule has 2 aromatic rings. The van der Waals surface area contributed by atoms with Crippen LogP contribution in [0.1, 0.15) is 30.0 Å². The van der Waals surface area contributed by atoms with Gasteiger partial charge in [-0.05, 0) is 42.7 Å². The summed E-state index contributed by atoms with van der Waals surface area (Å²) in [6, 6.07) is 12.0. The van der Waals surface area contributed by atoms with E-state index in [-0.39, 0.29) is 5.82 Å². The molecule has 0 aromatic heterocycles. The van der Waals surface area contributed by atoms with E-state index in [1.165, 1.54) is 6.07 Å². The Bertz CT molecular complexity index is 610. The van der Waals surface area contributed by atoms with E-state index in [1.807, 2.05) is 24.3 Å². The fourth-order valence-corrected chi connectivity index (χ4v) is 2.40. The maximum atomic E-state index is 13.9. The third-order valence-corrected chi connectivity index (χ3v) is 3.86. The molecule has 1 fully saturated rings. The largest absolute Gasteiger partial charge is 0.490 e. The normalized spacial score (nSPS) is 15.9. The predicted molar refractivity (Wildman–Crippen MR) is 80.2 cm³/mol. The van der Waals surface area contributed by atoms with Crippen LogP contribution in [0, 0.1) is 5.82 Å². The van der Waals surface area contributed by atoms with E-state index in [4.69, 9.17) is 10.5 Å². The lowest BCUT2D eigenvalue weighted by atomic mass is 9.99. The Labute approximate surface area is 125 Å². The number of nitrogens with two attached hydrogens (primary N) is 1. The molecule has 20 heavy (non-hydrogen) atoms. The molecule has 2 nitrogen and oxygen atoms in total. The van der Waals surface area contributed by atoms with Gasteiger partial charge < -0.3 is 10.5 Å². The molecule has 0 aliphatic heterocycles. The van der Waals surface area contributed by atoms with Crippen LogP contribution in [0.2, 0.25) is 0 Å². The first-order valence-electron chi connectivity index (χ1n) is 6.60. The molecule has 1 aliphatic carbocycles. The molecule has 4 heteroatoms. The third-order valence-electron chi connectivity index (χ3n) is 3.36. The van der Waals surface area contributed by atoms with Crippen LogP contribution in [0.5, 0.6) is 5.75 Å². The van der Waals surface area contributed by atoms with E-state index in [9.17, 15) is 4.39 Å². The van der Waals surface area contributed by atoms with Crippen molar-refractivity contribution in [2.45, 2.75) is 25.0 Å². The standard InChI is InChI=1S/C16H15BrFNO/c17-11-3-8-14(15(18)9-11)16(19)10-1-4-12(5-2-10)20-13-6-7-13/h1-5,8-9,13,16H,6-7,19H2. The van der Waals surface area contributed by atoms with Gasteiger partial charge in [-0.1, -0.05) is 34.1 Å². The smallest absolute Gasteiger partial charge is 0.129 e. The summed E-state index contributed by atoms with van der Waals surface area (Å²) in [5, 5.41) is 0. The Morgan fingerprint density at radius 1 is 1.15 bits per heavy atom. The van der Waals surface area contributed by atoms with Crippen molar-refractivity contribution in [1.82, 2.24) is 0 Å². The van der Waals surface area contributed by atoms with E-state index in [2.05, 4.69) is 15.9 Å². The van der Waals surface area contributed by atoms with E-state index in [1.54, 1.807) is 12.1 Å². The quantitative estimate of drug-likeness (QED) is 0.909. The van der Waals surface area contributed by atoms with Gasteiger partial charge >= 0.3 is 0 Å². The zero-order chi connectivity index (χ0) is 14.1. The summed E-state index contributed by atoms with van der Waals surface area (Å²) in [7, 11) is 0. The Kier molecular flexibility index (Phi) is 3.76. The van der Waals surface area contributed by atoms with Crippen LogP contribution in [-0.2, 0) is 0 Å². The minimum Gasteiger partial charge on any atom is -0.490 e. The van der Waals surface area contributed by atoms with Crippen LogP contribution < -0.4 is 10.5 Å². The summed E-state index contributed by atoms with van der Waals surface area (Å²) in [4.78, 5) is 0. The lowest BCUT2D eigenvalue weighted by Crippen LogP contribution is -2.13. The van der Waals surface area contributed by atoms with Gasteiger partial charge in [0.2, 0.25) is 0 Å². The second-order valence-corrected chi connectivity index (χ2v) is 5.95.